The van der Waals surface area contributed by atoms with Crippen molar-refractivity contribution in [1.29, 1.82) is 0 Å². The predicted molar refractivity (Wildman–Crippen MR) is 80.2 cm³/mol. The van der Waals surface area contributed by atoms with E-state index in [2.05, 4.69) is 44.1 Å². The molecule has 0 atom stereocenters. The van der Waals surface area contributed by atoms with Gasteiger partial charge in [0.2, 0.25) is 0 Å². The lowest BCUT2D eigenvalue weighted by Crippen LogP contribution is -2.28. The summed E-state index contributed by atoms with van der Waals surface area (Å²) in [5, 5.41) is 3.44. The van der Waals surface area contributed by atoms with Crippen LogP contribution in [-0.2, 0) is 6.42 Å². The lowest BCUT2D eigenvalue weighted by molar-refractivity contribution is 0.724. The zero-order valence-corrected chi connectivity index (χ0v) is 12.7. The fourth-order valence-corrected chi connectivity index (χ4v) is 2.72. The largest absolute Gasteiger partial charge is 0.369 e. The van der Waals surface area contributed by atoms with Crippen molar-refractivity contribution in [2.45, 2.75) is 32.6 Å². The molecular formula is C14H22BrN3. The van der Waals surface area contributed by atoms with Gasteiger partial charge in [-0.1, -0.05) is 13.3 Å². The molecule has 0 unspecified atom stereocenters. The Hall–Kier alpha value is -0.610. The van der Waals surface area contributed by atoms with Gasteiger partial charge in [-0.2, -0.15) is 0 Å². The minimum absolute atomic E-state index is 1.01. The summed E-state index contributed by atoms with van der Waals surface area (Å²) < 4.78 is 1.01. The van der Waals surface area contributed by atoms with E-state index in [0.29, 0.717) is 0 Å². The van der Waals surface area contributed by atoms with E-state index in [0.717, 1.165) is 37.2 Å². The number of nitrogens with one attached hydrogen (secondary N) is 1. The number of aromatic nitrogens is 1. The molecule has 0 amide bonds. The molecule has 1 aliphatic heterocycles. The number of nitrogens with zero attached hydrogens (tertiary/aromatic N) is 2. The number of hydrogen-bond donors (Lipinski definition) is 1. The van der Waals surface area contributed by atoms with Crippen molar-refractivity contribution in [2.24, 2.45) is 0 Å². The van der Waals surface area contributed by atoms with E-state index in [1.54, 1.807) is 0 Å². The molecule has 0 saturated carbocycles. The zero-order valence-electron chi connectivity index (χ0n) is 11.1. The molecule has 0 aromatic carbocycles. The second-order valence-corrected chi connectivity index (χ2v) is 5.59. The first-order valence-electron chi connectivity index (χ1n) is 6.91. The first-order chi connectivity index (χ1) is 8.81. The van der Waals surface area contributed by atoms with Gasteiger partial charge in [0, 0.05) is 19.6 Å². The molecule has 0 bridgehead atoms. The van der Waals surface area contributed by atoms with Crippen LogP contribution >= 0.6 is 15.9 Å². The van der Waals surface area contributed by atoms with Gasteiger partial charge >= 0.3 is 0 Å². The smallest absolute Gasteiger partial charge is 0.109 e. The average Bonchev–Trinajstić information content (AvgIpc) is 2.67. The van der Waals surface area contributed by atoms with Crippen LogP contribution in [0, 0.1) is 0 Å². The Morgan fingerprint density at radius 1 is 1.39 bits per heavy atom. The van der Waals surface area contributed by atoms with E-state index in [-0.39, 0.29) is 0 Å². The number of anilines is 1. The summed E-state index contributed by atoms with van der Waals surface area (Å²) in [5.74, 6) is 0. The highest BCUT2D eigenvalue weighted by Gasteiger charge is 2.11. The van der Waals surface area contributed by atoms with Gasteiger partial charge in [0.1, 0.15) is 4.60 Å². The molecule has 1 saturated heterocycles. The summed E-state index contributed by atoms with van der Waals surface area (Å²) in [6.07, 6.45) is 6.77. The Labute approximate surface area is 118 Å². The van der Waals surface area contributed by atoms with Crippen LogP contribution in [0.5, 0.6) is 0 Å². The molecule has 1 aliphatic rings. The fourth-order valence-electron chi connectivity index (χ4n) is 2.30. The first-order valence-corrected chi connectivity index (χ1v) is 7.70. The molecule has 2 heterocycles. The number of pyridine rings is 1. The molecule has 2 rings (SSSR count). The van der Waals surface area contributed by atoms with Crippen LogP contribution in [0.3, 0.4) is 0 Å². The molecule has 1 fully saturated rings. The molecule has 4 heteroatoms. The fraction of sp³-hybridized carbons (Fsp3) is 0.643. The summed E-state index contributed by atoms with van der Waals surface area (Å²) >= 11 is 3.56. The molecule has 0 radical (unpaired) electrons. The van der Waals surface area contributed by atoms with Gasteiger partial charge < -0.3 is 10.2 Å². The van der Waals surface area contributed by atoms with Crippen LogP contribution in [0.2, 0.25) is 0 Å². The summed E-state index contributed by atoms with van der Waals surface area (Å²) in [6, 6.07) is 2.30. The van der Waals surface area contributed by atoms with Crippen LogP contribution in [0.15, 0.2) is 16.9 Å². The van der Waals surface area contributed by atoms with E-state index in [4.69, 9.17) is 0 Å². The van der Waals surface area contributed by atoms with Crippen LogP contribution < -0.4 is 10.2 Å². The van der Waals surface area contributed by atoms with Gasteiger partial charge in [0.15, 0.2) is 0 Å². The van der Waals surface area contributed by atoms with Crippen molar-refractivity contribution in [2.75, 3.05) is 31.1 Å². The molecule has 1 aromatic rings. The molecule has 0 spiro atoms. The van der Waals surface area contributed by atoms with E-state index in [9.17, 15) is 0 Å². The third-order valence-electron chi connectivity index (χ3n) is 3.40. The summed E-state index contributed by atoms with van der Waals surface area (Å²) in [7, 11) is 0. The molecule has 18 heavy (non-hydrogen) atoms. The Morgan fingerprint density at radius 3 is 3.11 bits per heavy atom. The number of aryl methyl sites for hydroxylation is 1. The van der Waals surface area contributed by atoms with Crippen molar-refractivity contribution in [1.82, 2.24) is 10.3 Å². The molecule has 100 valence electrons. The highest BCUT2D eigenvalue weighted by Crippen LogP contribution is 2.23. The maximum Gasteiger partial charge on any atom is 0.109 e. The topological polar surface area (TPSA) is 28.2 Å². The number of halogens is 1. The molecule has 3 nitrogen and oxygen atoms in total. The van der Waals surface area contributed by atoms with Crippen LogP contribution in [0.25, 0.3) is 0 Å². The normalized spacial score (nSPS) is 16.7. The van der Waals surface area contributed by atoms with E-state index in [1.165, 1.54) is 30.5 Å². The monoisotopic (exact) mass is 311 g/mol. The van der Waals surface area contributed by atoms with Gasteiger partial charge in [-0.3, -0.25) is 0 Å². The number of unbranched alkanes of at least 4 members (excludes halogenated alkanes) is 1. The standard InChI is InChI=1S/C14H22BrN3/c1-2-3-5-12-10-13(11-17-14(12)15)18-8-4-6-16-7-9-18/h10-11,16H,2-9H2,1H3. The quantitative estimate of drug-likeness (QED) is 0.866. The predicted octanol–water partition coefficient (Wildman–Crippen LogP) is 2.99. The minimum atomic E-state index is 1.01. The lowest BCUT2D eigenvalue weighted by Gasteiger charge is -2.22. The van der Waals surface area contributed by atoms with Crippen LogP contribution in [0.1, 0.15) is 31.7 Å². The number of hydrogen-bond acceptors (Lipinski definition) is 3. The molecule has 0 aliphatic carbocycles. The second-order valence-electron chi connectivity index (χ2n) is 4.84. The van der Waals surface area contributed by atoms with Gasteiger partial charge in [-0.15, -0.1) is 0 Å². The second kappa shape index (κ2) is 7.10. The third kappa shape index (κ3) is 3.69. The van der Waals surface area contributed by atoms with Crippen LogP contribution in [0.4, 0.5) is 5.69 Å². The van der Waals surface area contributed by atoms with Crippen molar-refractivity contribution < 1.29 is 0 Å². The van der Waals surface area contributed by atoms with Crippen molar-refractivity contribution in [3.8, 4) is 0 Å². The van der Waals surface area contributed by atoms with E-state index >= 15 is 0 Å². The Morgan fingerprint density at radius 2 is 2.28 bits per heavy atom. The average molecular weight is 312 g/mol. The van der Waals surface area contributed by atoms with Crippen molar-refractivity contribution in [3.63, 3.8) is 0 Å². The van der Waals surface area contributed by atoms with Gasteiger partial charge in [-0.05, 0) is 53.4 Å². The molecule has 1 N–H and O–H groups in total. The van der Waals surface area contributed by atoms with E-state index < -0.39 is 0 Å². The maximum absolute atomic E-state index is 4.49. The van der Waals surface area contributed by atoms with Gasteiger partial charge in [-0.25, -0.2) is 4.98 Å². The molecule has 1 aromatic heterocycles. The lowest BCUT2D eigenvalue weighted by atomic mass is 10.1. The highest BCUT2D eigenvalue weighted by atomic mass is 79.9. The maximum atomic E-state index is 4.49. The first kappa shape index (κ1) is 13.8. The molecular weight excluding hydrogens is 290 g/mol. The van der Waals surface area contributed by atoms with Crippen LogP contribution in [-0.4, -0.2) is 31.2 Å². The van der Waals surface area contributed by atoms with E-state index in [1.807, 2.05) is 6.20 Å². The van der Waals surface area contributed by atoms with Gasteiger partial charge in [0.05, 0.1) is 11.9 Å². The summed E-state index contributed by atoms with van der Waals surface area (Å²) in [4.78, 5) is 6.93. The minimum Gasteiger partial charge on any atom is -0.369 e. The Balaban J connectivity index is 2.11. The highest BCUT2D eigenvalue weighted by molar-refractivity contribution is 9.10. The van der Waals surface area contributed by atoms with Crippen molar-refractivity contribution >= 4 is 21.6 Å². The Kier molecular flexibility index (Phi) is 5.45. The summed E-state index contributed by atoms with van der Waals surface area (Å²) in [5.41, 5.74) is 2.61. The third-order valence-corrected chi connectivity index (χ3v) is 4.12. The zero-order chi connectivity index (χ0) is 12.8. The van der Waals surface area contributed by atoms with Gasteiger partial charge in [0.25, 0.3) is 0 Å². The summed E-state index contributed by atoms with van der Waals surface area (Å²) in [6.45, 7) is 6.63. The SMILES string of the molecule is CCCCc1cc(N2CCCNCC2)cnc1Br. The van der Waals surface area contributed by atoms with Crippen molar-refractivity contribution in [3.05, 3.63) is 22.4 Å². The number of rotatable bonds is 4. The Bertz CT molecular complexity index is 373.